The fraction of sp³-hybridized carbons (Fsp3) is 0.467. The van der Waals surface area contributed by atoms with Crippen LogP contribution in [-0.2, 0) is 16.0 Å². The second-order valence-electron chi connectivity index (χ2n) is 5.68. The van der Waals surface area contributed by atoms with Crippen LogP contribution in [0.3, 0.4) is 0 Å². The van der Waals surface area contributed by atoms with Crippen LogP contribution in [0.2, 0.25) is 0 Å². The number of hydrogen-bond donors (Lipinski definition) is 2. The molecule has 1 amide bonds. The predicted molar refractivity (Wildman–Crippen MR) is 73.7 cm³/mol. The monoisotopic (exact) mass is 263 g/mol. The number of rotatable bonds is 5. The van der Waals surface area contributed by atoms with Crippen LogP contribution >= 0.6 is 0 Å². The maximum atomic E-state index is 11.7. The zero-order valence-corrected chi connectivity index (χ0v) is 11.6. The highest BCUT2D eigenvalue weighted by molar-refractivity contribution is 5.82. The largest absolute Gasteiger partial charge is 0.481 e. The minimum Gasteiger partial charge on any atom is -0.481 e. The lowest BCUT2D eigenvalue weighted by molar-refractivity contribution is -0.141. The third-order valence-corrected chi connectivity index (χ3v) is 2.86. The molecule has 0 spiro atoms. The van der Waals surface area contributed by atoms with E-state index in [4.69, 9.17) is 0 Å². The van der Waals surface area contributed by atoms with Gasteiger partial charge in [-0.25, -0.2) is 0 Å². The highest BCUT2D eigenvalue weighted by Gasteiger charge is 2.24. The van der Waals surface area contributed by atoms with Gasteiger partial charge in [-0.3, -0.25) is 9.59 Å². The lowest BCUT2D eigenvalue weighted by atomic mass is 9.94. The number of carboxylic acid groups (broad SMARTS) is 1. The fourth-order valence-corrected chi connectivity index (χ4v) is 1.63. The van der Waals surface area contributed by atoms with Crippen molar-refractivity contribution >= 4 is 11.9 Å². The molecule has 1 aromatic rings. The molecule has 0 fully saturated rings. The normalized spacial score (nSPS) is 12.8. The zero-order chi connectivity index (χ0) is 14.5. The van der Waals surface area contributed by atoms with Crippen LogP contribution in [0.5, 0.6) is 0 Å². The molecule has 4 nitrogen and oxygen atoms in total. The molecule has 0 saturated heterocycles. The van der Waals surface area contributed by atoms with Crippen molar-refractivity contribution in [2.24, 2.45) is 11.3 Å². The van der Waals surface area contributed by atoms with E-state index in [0.29, 0.717) is 6.42 Å². The highest BCUT2D eigenvalue weighted by Crippen LogP contribution is 2.13. The van der Waals surface area contributed by atoms with E-state index in [2.05, 4.69) is 5.32 Å². The Morgan fingerprint density at radius 2 is 1.79 bits per heavy atom. The standard InChI is InChI=1S/C15H21NO3/c1-15(2,3)14(19)16-10-12(13(17)18)9-11-7-5-4-6-8-11/h4-8,12H,9-10H2,1-3H3,(H,16,19)(H,17,18). The van der Waals surface area contributed by atoms with Crippen LogP contribution in [0, 0.1) is 11.3 Å². The summed E-state index contributed by atoms with van der Waals surface area (Å²) in [6.07, 6.45) is 0.417. The van der Waals surface area contributed by atoms with E-state index in [1.807, 2.05) is 30.3 Å². The summed E-state index contributed by atoms with van der Waals surface area (Å²) in [7, 11) is 0. The maximum absolute atomic E-state index is 11.7. The Morgan fingerprint density at radius 1 is 1.21 bits per heavy atom. The molecule has 0 aromatic heterocycles. The van der Waals surface area contributed by atoms with E-state index in [1.54, 1.807) is 20.8 Å². The van der Waals surface area contributed by atoms with Gasteiger partial charge < -0.3 is 10.4 Å². The third-order valence-electron chi connectivity index (χ3n) is 2.86. The minimum atomic E-state index is -0.891. The summed E-state index contributed by atoms with van der Waals surface area (Å²) in [5.41, 5.74) is 0.454. The van der Waals surface area contributed by atoms with Crippen LogP contribution in [0.1, 0.15) is 26.3 Å². The molecule has 4 heteroatoms. The van der Waals surface area contributed by atoms with Gasteiger partial charge in [0.15, 0.2) is 0 Å². The Bertz CT molecular complexity index is 434. The average Bonchev–Trinajstić information content (AvgIpc) is 2.33. The van der Waals surface area contributed by atoms with Crippen molar-refractivity contribution in [2.45, 2.75) is 27.2 Å². The second kappa shape index (κ2) is 6.36. The minimum absolute atomic E-state index is 0.133. The molecule has 0 aliphatic carbocycles. The first-order valence-corrected chi connectivity index (χ1v) is 6.35. The summed E-state index contributed by atoms with van der Waals surface area (Å²) < 4.78 is 0. The number of benzene rings is 1. The number of carboxylic acids is 1. The molecule has 0 heterocycles. The number of carbonyl (C=O) groups excluding carboxylic acids is 1. The van der Waals surface area contributed by atoms with E-state index in [1.165, 1.54) is 0 Å². The van der Waals surface area contributed by atoms with E-state index in [-0.39, 0.29) is 12.5 Å². The second-order valence-corrected chi connectivity index (χ2v) is 5.68. The highest BCUT2D eigenvalue weighted by atomic mass is 16.4. The topological polar surface area (TPSA) is 66.4 Å². The summed E-state index contributed by atoms with van der Waals surface area (Å²) >= 11 is 0. The Morgan fingerprint density at radius 3 is 2.26 bits per heavy atom. The van der Waals surface area contributed by atoms with Gasteiger partial charge in [0.25, 0.3) is 0 Å². The molecule has 1 unspecified atom stereocenters. The lowest BCUT2D eigenvalue weighted by Crippen LogP contribution is -2.40. The molecule has 2 N–H and O–H groups in total. The Hall–Kier alpha value is -1.84. The third kappa shape index (κ3) is 5.12. The molecule has 19 heavy (non-hydrogen) atoms. The van der Waals surface area contributed by atoms with Crippen LogP contribution in [-0.4, -0.2) is 23.5 Å². The lowest BCUT2D eigenvalue weighted by Gasteiger charge is -2.20. The summed E-state index contributed by atoms with van der Waals surface area (Å²) in [5.74, 6) is -1.63. The number of nitrogens with one attached hydrogen (secondary N) is 1. The van der Waals surface area contributed by atoms with Crippen molar-refractivity contribution in [1.82, 2.24) is 5.32 Å². The number of amides is 1. The molecule has 0 saturated carbocycles. The van der Waals surface area contributed by atoms with Gasteiger partial charge in [-0.05, 0) is 12.0 Å². The van der Waals surface area contributed by atoms with Gasteiger partial charge in [0.2, 0.25) is 5.91 Å². The Labute approximate surface area is 113 Å². The van der Waals surface area contributed by atoms with Gasteiger partial charge in [-0.15, -0.1) is 0 Å². The molecule has 0 radical (unpaired) electrons. The Balaban J connectivity index is 2.60. The van der Waals surface area contributed by atoms with Crippen molar-refractivity contribution in [3.63, 3.8) is 0 Å². The molecular formula is C15H21NO3. The van der Waals surface area contributed by atoms with Crippen LogP contribution < -0.4 is 5.32 Å². The first-order valence-electron chi connectivity index (χ1n) is 6.35. The van der Waals surface area contributed by atoms with Gasteiger partial charge in [-0.2, -0.15) is 0 Å². The molecule has 1 aromatic carbocycles. The molecule has 1 atom stereocenters. The van der Waals surface area contributed by atoms with Crippen LogP contribution in [0.15, 0.2) is 30.3 Å². The van der Waals surface area contributed by atoms with Gasteiger partial charge in [0.05, 0.1) is 5.92 Å². The quantitative estimate of drug-likeness (QED) is 0.855. The van der Waals surface area contributed by atoms with Gasteiger partial charge in [0, 0.05) is 12.0 Å². The zero-order valence-electron chi connectivity index (χ0n) is 11.6. The van der Waals surface area contributed by atoms with E-state index >= 15 is 0 Å². The summed E-state index contributed by atoms with van der Waals surface area (Å²) in [6, 6.07) is 9.42. The van der Waals surface area contributed by atoms with Gasteiger partial charge in [-0.1, -0.05) is 51.1 Å². The SMILES string of the molecule is CC(C)(C)C(=O)NCC(Cc1ccccc1)C(=O)O. The van der Waals surface area contributed by atoms with E-state index in [0.717, 1.165) is 5.56 Å². The average molecular weight is 263 g/mol. The number of aliphatic carboxylic acids is 1. The molecule has 0 aliphatic heterocycles. The summed E-state index contributed by atoms with van der Waals surface area (Å²) in [6.45, 7) is 5.56. The fourth-order valence-electron chi connectivity index (χ4n) is 1.63. The first kappa shape index (κ1) is 15.2. The van der Waals surface area contributed by atoms with Gasteiger partial charge in [0.1, 0.15) is 0 Å². The predicted octanol–water partition coefficient (Wildman–Crippen LogP) is 2.09. The van der Waals surface area contributed by atoms with Crippen molar-refractivity contribution in [1.29, 1.82) is 0 Å². The Kier molecular flexibility index (Phi) is 5.10. The van der Waals surface area contributed by atoms with Crippen molar-refractivity contribution in [3.05, 3.63) is 35.9 Å². The molecule has 1 rings (SSSR count). The van der Waals surface area contributed by atoms with Crippen molar-refractivity contribution in [2.75, 3.05) is 6.54 Å². The molecule has 104 valence electrons. The molecular weight excluding hydrogens is 242 g/mol. The maximum Gasteiger partial charge on any atom is 0.308 e. The van der Waals surface area contributed by atoms with E-state index in [9.17, 15) is 14.7 Å². The van der Waals surface area contributed by atoms with Crippen LogP contribution in [0.25, 0.3) is 0 Å². The van der Waals surface area contributed by atoms with E-state index < -0.39 is 17.3 Å². The molecule has 0 aliphatic rings. The first-order chi connectivity index (χ1) is 8.80. The van der Waals surface area contributed by atoms with Gasteiger partial charge >= 0.3 is 5.97 Å². The summed E-state index contributed by atoms with van der Waals surface area (Å²) in [4.78, 5) is 23.0. The van der Waals surface area contributed by atoms with Crippen molar-refractivity contribution < 1.29 is 14.7 Å². The smallest absolute Gasteiger partial charge is 0.308 e. The van der Waals surface area contributed by atoms with Crippen molar-refractivity contribution in [3.8, 4) is 0 Å². The van der Waals surface area contributed by atoms with Crippen LogP contribution in [0.4, 0.5) is 0 Å². The molecule has 0 bridgehead atoms. The number of hydrogen-bond acceptors (Lipinski definition) is 2. The number of carbonyl (C=O) groups is 2. The summed E-state index contributed by atoms with van der Waals surface area (Å²) in [5, 5.41) is 11.9.